The van der Waals surface area contributed by atoms with E-state index in [0.29, 0.717) is 40.2 Å². The summed E-state index contributed by atoms with van der Waals surface area (Å²) in [6.07, 6.45) is 9.29. The average molecular weight is 703 g/mol. The zero-order valence-electron chi connectivity index (χ0n) is 30.3. The quantitative estimate of drug-likeness (QED) is 0.213. The van der Waals surface area contributed by atoms with E-state index in [9.17, 15) is 8.42 Å². The number of hydrogen-bond acceptors (Lipinski definition) is 12. The summed E-state index contributed by atoms with van der Waals surface area (Å²) < 4.78 is 32.6. The molecule has 2 fully saturated rings. The van der Waals surface area contributed by atoms with Crippen LogP contribution in [0.15, 0.2) is 42.9 Å². The van der Waals surface area contributed by atoms with Crippen LogP contribution in [0.25, 0.3) is 11.0 Å². The SMILES string of the molecule is CCc1cc(Nc2ncc(C(C)C)c(Nc3ccc4nccnc4c3N(C)S(C)(=O)=O)n2)c(OC)cc1N1CCC(N2CCN(C)CC2)CC1. The maximum absolute atomic E-state index is 12.7. The number of rotatable bonds is 11. The number of nitrogens with one attached hydrogen (secondary N) is 2. The molecule has 50 heavy (non-hydrogen) atoms. The van der Waals surface area contributed by atoms with Crippen LogP contribution in [0.2, 0.25) is 0 Å². The van der Waals surface area contributed by atoms with Crippen molar-refractivity contribution in [1.82, 2.24) is 29.7 Å². The molecule has 0 bridgehead atoms. The molecule has 2 saturated heterocycles. The van der Waals surface area contributed by atoms with Gasteiger partial charge in [0.2, 0.25) is 16.0 Å². The van der Waals surface area contributed by atoms with Crippen LogP contribution in [0.3, 0.4) is 0 Å². The third-order valence-corrected chi connectivity index (χ3v) is 11.2. The number of benzene rings is 2. The highest BCUT2D eigenvalue weighted by molar-refractivity contribution is 7.92. The second-order valence-electron chi connectivity index (χ2n) is 13.6. The van der Waals surface area contributed by atoms with E-state index < -0.39 is 10.0 Å². The Balaban J connectivity index is 1.28. The van der Waals surface area contributed by atoms with Crippen molar-refractivity contribution >= 4 is 55.6 Å². The average Bonchev–Trinajstić information content (AvgIpc) is 3.11. The molecule has 0 saturated carbocycles. The molecule has 0 atom stereocenters. The molecule has 2 aliphatic rings. The van der Waals surface area contributed by atoms with Gasteiger partial charge < -0.3 is 25.2 Å². The van der Waals surface area contributed by atoms with Gasteiger partial charge in [-0.25, -0.2) is 13.4 Å². The van der Waals surface area contributed by atoms with E-state index in [1.807, 2.05) is 6.07 Å². The Hall–Kier alpha value is -4.27. The molecule has 268 valence electrons. The molecule has 2 aromatic carbocycles. The Morgan fingerprint density at radius 2 is 1.70 bits per heavy atom. The van der Waals surface area contributed by atoms with Crippen molar-refractivity contribution in [3.05, 3.63) is 54.0 Å². The van der Waals surface area contributed by atoms with Gasteiger partial charge in [0, 0.05) is 88.3 Å². The minimum Gasteiger partial charge on any atom is -0.494 e. The van der Waals surface area contributed by atoms with Gasteiger partial charge in [-0.15, -0.1) is 0 Å². The zero-order valence-corrected chi connectivity index (χ0v) is 31.1. The molecule has 0 radical (unpaired) electrons. The van der Waals surface area contributed by atoms with Crippen molar-refractivity contribution in [3.63, 3.8) is 0 Å². The number of anilines is 6. The van der Waals surface area contributed by atoms with Gasteiger partial charge in [-0.1, -0.05) is 20.8 Å². The molecular weight excluding hydrogens is 653 g/mol. The smallest absolute Gasteiger partial charge is 0.232 e. The number of hydrogen-bond donors (Lipinski definition) is 2. The highest BCUT2D eigenvalue weighted by atomic mass is 32.2. The number of methoxy groups -OCH3 is 1. The molecular formula is C36H50N10O3S. The number of ether oxygens (including phenoxy) is 1. The normalized spacial score (nSPS) is 16.6. The van der Waals surface area contributed by atoms with Crippen LogP contribution in [0, 0.1) is 0 Å². The fraction of sp³-hybridized carbons (Fsp3) is 0.500. The lowest BCUT2D eigenvalue weighted by molar-refractivity contribution is 0.0982. The number of piperidine rings is 1. The zero-order chi connectivity index (χ0) is 35.6. The number of aromatic nitrogens is 4. The number of likely N-dealkylation sites (N-methyl/N-ethyl adjacent to an activating group) is 1. The lowest BCUT2D eigenvalue weighted by atomic mass is 9.99. The Labute approximate surface area is 296 Å². The number of aryl methyl sites for hydroxylation is 1. The molecule has 14 heteroatoms. The fourth-order valence-corrected chi connectivity index (χ4v) is 7.46. The number of fused-ring (bicyclic) bond motifs is 1. The monoisotopic (exact) mass is 702 g/mol. The van der Waals surface area contributed by atoms with Crippen LogP contribution in [0.5, 0.6) is 5.75 Å². The summed E-state index contributed by atoms with van der Waals surface area (Å²) in [5, 5.41) is 6.84. The molecule has 2 N–H and O–H groups in total. The lowest BCUT2D eigenvalue weighted by Crippen LogP contribution is -2.52. The lowest BCUT2D eigenvalue weighted by Gasteiger charge is -2.43. The third kappa shape index (κ3) is 7.57. The predicted octanol–water partition coefficient (Wildman–Crippen LogP) is 5.21. The number of nitrogens with zero attached hydrogens (tertiary/aromatic N) is 8. The first-order valence-electron chi connectivity index (χ1n) is 17.4. The Morgan fingerprint density at radius 3 is 2.36 bits per heavy atom. The molecule has 0 amide bonds. The van der Waals surface area contributed by atoms with Gasteiger partial charge in [-0.3, -0.25) is 19.2 Å². The van der Waals surface area contributed by atoms with E-state index in [2.05, 4.69) is 80.2 Å². The Kier molecular flexibility index (Phi) is 10.6. The van der Waals surface area contributed by atoms with Crippen molar-refractivity contribution < 1.29 is 13.2 Å². The van der Waals surface area contributed by atoms with Crippen molar-refractivity contribution in [2.45, 2.75) is 52.0 Å². The first-order chi connectivity index (χ1) is 24.0. The molecule has 0 aliphatic carbocycles. The molecule has 6 rings (SSSR count). The molecule has 2 aromatic heterocycles. The minimum atomic E-state index is -3.61. The topological polar surface area (TPSA) is 132 Å². The fourth-order valence-electron chi connectivity index (χ4n) is 6.95. The summed E-state index contributed by atoms with van der Waals surface area (Å²) >= 11 is 0. The van der Waals surface area contributed by atoms with Crippen LogP contribution in [0.4, 0.5) is 34.5 Å². The van der Waals surface area contributed by atoms with Crippen LogP contribution in [-0.4, -0.2) is 111 Å². The highest BCUT2D eigenvalue weighted by Crippen LogP contribution is 2.39. The maximum atomic E-state index is 12.7. The van der Waals surface area contributed by atoms with E-state index in [-0.39, 0.29) is 5.92 Å². The summed E-state index contributed by atoms with van der Waals surface area (Å²) in [6, 6.07) is 8.55. The second kappa shape index (κ2) is 14.9. The van der Waals surface area contributed by atoms with E-state index in [4.69, 9.17) is 9.72 Å². The molecule has 0 spiro atoms. The minimum absolute atomic E-state index is 0.0868. The molecule has 0 unspecified atom stereocenters. The number of piperazine rings is 1. The van der Waals surface area contributed by atoms with E-state index in [0.717, 1.165) is 81.8 Å². The van der Waals surface area contributed by atoms with E-state index in [1.54, 1.807) is 31.8 Å². The maximum Gasteiger partial charge on any atom is 0.232 e. The van der Waals surface area contributed by atoms with Crippen LogP contribution in [-0.2, 0) is 16.4 Å². The van der Waals surface area contributed by atoms with Gasteiger partial charge in [-0.2, -0.15) is 4.98 Å². The Morgan fingerprint density at radius 1 is 0.980 bits per heavy atom. The van der Waals surface area contributed by atoms with Gasteiger partial charge in [0.25, 0.3) is 0 Å². The van der Waals surface area contributed by atoms with Gasteiger partial charge in [0.05, 0.1) is 30.3 Å². The summed E-state index contributed by atoms with van der Waals surface area (Å²) in [6.45, 7) is 13.0. The third-order valence-electron chi connectivity index (χ3n) is 10.0. The molecule has 4 heterocycles. The Bertz CT molecular complexity index is 1920. The van der Waals surface area contributed by atoms with Gasteiger partial charge >= 0.3 is 0 Å². The van der Waals surface area contributed by atoms with Crippen LogP contribution < -0.4 is 24.6 Å². The summed E-state index contributed by atoms with van der Waals surface area (Å²) in [7, 11) is 1.79. The van der Waals surface area contributed by atoms with Crippen molar-refractivity contribution in [2.24, 2.45) is 0 Å². The highest BCUT2D eigenvalue weighted by Gasteiger charge is 2.28. The van der Waals surface area contributed by atoms with Crippen LogP contribution in [0.1, 0.15) is 50.7 Å². The number of sulfonamides is 1. The van der Waals surface area contributed by atoms with Gasteiger partial charge in [-0.05, 0) is 56.0 Å². The van der Waals surface area contributed by atoms with Crippen LogP contribution >= 0.6 is 0 Å². The first kappa shape index (κ1) is 35.6. The van der Waals surface area contributed by atoms with Gasteiger partial charge in [0.1, 0.15) is 22.8 Å². The standard InChI is InChI=1S/C36H50N10O3S/c1-8-25-21-30(32(49-6)22-31(25)46-15-11-26(12-16-46)45-19-17-43(4)18-20-45)41-36-39-23-27(24(2)3)35(42-36)40-29-10-9-28-33(38-14-13-37-28)34(29)44(5)50(7,47)48/h9-10,13-14,21-24,26H,8,11-12,15-20H2,1-7H3,(H2,39,40,41,42). The predicted molar refractivity (Wildman–Crippen MR) is 202 cm³/mol. The van der Waals surface area contributed by atoms with E-state index >= 15 is 0 Å². The summed E-state index contributed by atoms with van der Waals surface area (Å²) in [5.41, 5.74) is 6.06. The first-order valence-corrected chi connectivity index (χ1v) is 19.3. The van der Waals surface area contributed by atoms with Crippen molar-refractivity contribution in [2.75, 3.05) is 86.6 Å². The summed E-state index contributed by atoms with van der Waals surface area (Å²) in [4.78, 5) is 26.1. The molecule has 13 nitrogen and oxygen atoms in total. The molecule has 4 aromatic rings. The molecule has 2 aliphatic heterocycles. The van der Waals surface area contributed by atoms with E-state index in [1.165, 1.54) is 22.6 Å². The summed E-state index contributed by atoms with van der Waals surface area (Å²) in [5.74, 6) is 1.74. The largest absolute Gasteiger partial charge is 0.494 e. The van der Waals surface area contributed by atoms with Crippen molar-refractivity contribution in [1.29, 1.82) is 0 Å². The van der Waals surface area contributed by atoms with Gasteiger partial charge in [0.15, 0.2) is 0 Å². The van der Waals surface area contributed by atoms with Crippen molar-refractivity contribution in [3.8, 4) is 5.75 Å². The second-order valence-corrected chi connectivity index (χ2v) is 15.6.